The van der Waals surface area contributed by atoms with E-state index >= 15 is 0 Å². The van der Waals surface area contributed by atoms with Crippen LogP contribution in [-0.4, -0.2) is 49.4 Å². The maximum atomic E-state index is 11.5. The van der Waals surface area contributed by atoms with Crippen LogP contribution in [-0.2, 0) is 30.2 Å². The summed E-state index contributed by atoms with van der Waals surface area (Å²) < 4.78 is 24.5. The van der Waals surface area contributed by atoms with Gasteiger partial charge in [-0.25, -0.2) is 0 Å². The van der Waals surface area contributed by atoms with Crippen molar-refractivity contribution >= 4 is 17.6 Å². The van der Waals surface area contributed by atoms with E-state index < -0.39 is 6.10 Å². The van der Waals surface area contributed by atoms with Crippen molar-refractivity contribution in [2.45, 2.75) is 89.0 Å². The van der Waals surface area contributed by atoms with E-state index in [1.54, 1.807) is 11.3 Å². The third kappa shape index (κ3) is 6.41. The number of carbonyl (C=O) groups excluding carboxylic acids is 1. The van der Waals surface area contributed by atoms with Crippen molar-refractivity contribution < 1.29 is 28.8 Å². The van der Waals surface area contributed by atoms with Gasteiger partial charge in [0.25, 0.3) is 0 Å². The van der Waals surface area contributed by atoms with Crippen LogP contribution in [0.2, 0.25) is 0 Å². The highest BCUT2D eigenvalue weighted by atomic mass is 32.1. The van der Waals surface area contributed by atoms with Gasteiger partial charge in [-0.15, -0.1) is 11.3 Å². The summed E-state index contributed by atoms with van der Waals surface area (Å²) in [6.07, 6.45) is 10.2. The maximum absolute atomic E-state index is 11.5. The van der Waals surface area contributed by atoms with Gasteiger partial charge in [-0.3, -0.25) is 0 Å². The largest absolute Gasteiger partial charge is 0.469 e. The quantitative estimate of drug-likeness (QED) is 0.403. The Morgan fingerprint density at radius 3 is 2.59 bits per heavy atom. The number of aldehydes is 1. The number of ether oxygens (including phenoxy) is 4. The van der Waals surface area contributed by atoms with Crippen LogP contribution in [0.3, 0.4) is 0 Å². The zero-order chi connectivity index (χ0) is 22.2. The van der Waals surface area contributed by atoms with Gasteiger partial charge in [-0.1, -0.05) is 6.07 Å². The molecule has 4 rings (SSSR count). The van der Waals surface area contributed by atoms with E-state index in [9.17, 15) is 9.90 Å². The molecule has 1 saturated carbocycles. The van der Waals surface area contributed by atoms with Gasteiger partial charge >= 0.3 is 0 Å². The molecule has 0 bridgehead atoms. The summed E-state index contributed by atoms with van der Waals surface area (Å²) >= 11 is 1.75. The summed E-state index contributed by atoms with van der Waals surface area (Å²) in [4.78, 5) is 12.8. The first-order valence-electron chi connectivity index (χ1n) is 12.1. The highest BCUT2D eigenvalue weighted by Crippen LogP contribution is 2.43. The number of allylic oxidation sites excluding steroid dienone is 1. The van der Waals surface area contributed by atoms with Gasteiger partial charge in [0.1, 0.15) is 12.0 Å². The molecule has 1 N–H and O–H groups in total. The number of hydrogen-bond acceptors (Lipinski definition) is 7. The molecule has 2 unspecified atom stereocenters. The lowest BCUT2D eigenvalue weighted by atomic mass is 9.88. The average Bonchev–Trinajstić information content (AvgIpc) is 3.43. The van der Waals surface area contributed by atoms with Gasteiger partial charge in [0, 0.05) is 42.6 Å². The third-order valence-electron chi connectivity index (χ3n) is 6.71. The first kappa shape index (κ1) is 23.9. The Labute approximate surface area is 194 Å². The van der Waals surface area contributed by atoms with Gasteiger partial charge in [0.2, 0.25) is 0 Å². The Balaban J connectivity index is 1.54. The zero-order valence-corrected chi connectivity index (χ0v) is 19.5. The summed E-state index contributed by atoms with van der Waals surface area (Å²) in [5.74, 6) is 0.393. The van der Waals surface area contributed by atoms with Crippen LogP contribution in [0.15, 0.2) is 29.3 Å². The SMILES string of the molecule is O=CC[C@@H]1[C@@H](C(=CCCc2cccs2)OC2CCCCO2)[C@H](OC2CCCCO2)C[C@@H]1O. The molecular weight excluding hydrogens is 428 g/mol. The number of rotatable bonds is 10. The van der Waals surface area contributed by atoms with Crippen LogP contribution < -0.4 is 0 Å². The number of aliphatic hydroxyl groups is 1. The van der Waals surface area contributed by atoms with Crippen LogP contribution in [0, 0.1) is 11.8 Å². The molecule has 1 aromatic heterocycles. The van der Waals surface area contributed by atoms with Crippen LogP contribution in [0.25, 0.3) is 0 Å². The normalized spacial score (nSPS) is 33.8. The van der Waals surface area contributed by atoms with E-state index in [2.05, 4.69) is 23.6 Å². The first-order valence-corrected chi connectivity index (χ1v) is 13.0. The molecule has 3 heterocycles. The van der Waals surface area contributed by atoms with E-state index in [1.807, 2.05) is 0 Å². The Kier molecular flexibility index (Phi) is 9.17. The van der Waals surface area contributed by atoms with Gasteiger partial charge in [-0.05, 0) is 62.5 Å². The second-order valence-corrected chi connectivity index (χ2v) is 10.0. The standard InChI is InChI=1S/C25H36O6S/c26-13-12-19-20(27)17-22(31-24-11-2-4-15-29-24)25(19)21(30-23-10-1-3-14-28-23)9-5-7-18-8-6-16-32-18/h6,8-9,13,16,19-20,22-25,27H,1-5,7,10-12,14-15,17H2/t19-,20-,22+,23?,24?,25-/m0/s1. The fourth-order valence-corrected chi connectivity index (χ4v) is 5.79. The number of aryl methyl sites for hydroxylation is 1. The third-order valence-corrected chi connectivity index (χ3v) is 7.65. The highest BCUT2D eigenvalue weighted by Gasteiger charge is 2.47. The van der Waals surface area contributed by atoms with Crippen LogP contribution in [0.1, 0.15) is 62.7 Å². The predicted molar refractivity (Wildman–Crippen MR) is 122 cm³/mol. The molecule has 1 aliphatic carbocycles. The summed E-state index contributed by atoms with van der Waals surface area (Å²) in [6, 6.07) is 4.21. The molecule has 178 valence electrons. The summed E-state index contributed by atoms with van der Waals surface area (Å²) in [5, 5.41) is 12.9. The lowest BCUT2D eigenvalue weighted by Gasteiger charge is -2.33. The van der Waals surface area contributed by atoms with Crippen LogP contribution in [0.4, 0.5) is 0 Å². The van der Waals surface area contributed by atoms with Gasteiger partial charge in [-0.2, -0.15) is 0 Å². The lowest BCUT2D eigenvalue weighted by molar-refractivity contribution is -0.201. The molecular formula is C25H36O6S. The molecule has 2 saturated heterocycles. The molecule has 2 aliphatic heterocycles. The fraction of sp³-hybridized carbons (Fsp3) is 0.720. The molecule has 0 amide bonds. The second-order valence-electron chi connectivity index (χ2n) is 9.00. The predicted octanol–water partition coefficient (Wildman–Crippen LogP) is 4.61. The zero-order valence-electron chi connectivity index (χ0n) is 18.7. The van der Waals surface area contributed by atoms with E-state index in [0.717, 1.165) is 63.4 Å². The molecule has 6 atom stereocenters. The molecule has 32 heavy (non-hydrogen) atoms. The van der Waals surface area contributed by atoms with Crippen molar-refractivity contribution in [3.8, 4) is 0 Å². The first-order chi connectivity index (χ1) is 15.7. The summed E-state index contributed by atoms with van der Waals surface area (Å²) in [6.45, 7) is 1.41. The van der Waals surface area contributed by atoms with Crippen molar-refractivity contribution in [2.75, 3.05) is 13.2 Å². The molecule has 0 spiro atoms. The molecule has 6 nitrogen and oxygen atoms in total. The average molecular weight is 465 g/mol. The van der Waals surface area contributed by atoms with Gasteiger partial charge in [0.15, 0.2) is 12.6 Å². The smallest absolute Gasteiger partial charge is 0.199 e. The summed E-state index contributed by atoms with van der Waals surface area (Å²) in [7, 11) is 0. The van der Waals surface area contributed by atoms with Crippen molar-refractivity contribution in [3.63, 3.8) is 0 Å². The van der Waals surface area contributed by atoms with E-state index in [1.165, 1.54) is 4.88 Å². The number of hydrogen-bond donors (Lipinski definition) is 1. The van der Waals surface area contributed by atoms with E-state index in [-0.39, 0.29) is 36.9 Å². The van der Waals surface area contributed by atoms with Crippen molar-refractivity contribution in [2.24, 2.45) is 11.8 Å². The summed E-state index contributed by atoms with van der Waals surface area (Å²) in [5.41, 5.74) is 0. The maximum Gasteiger partial charge on any atom is 0.199 e. The minimum absolute atomic E-state index is 0.186. The van der Waals surface area contributed by atoms with Gasteiger partial charge in [0.05, 0.1) is 18.8 Å². The highest BCUT2D eigenvalue weighted by molar-refractivity contribution is 7.09. The minimum atomic E-state index is -0.602. The van der Waals surface area contributed by atoms with Crippen molar-refractivity contribution in [1.29, 1.82) is 0 Å². The lowest BCUT2D eigenvalue weighted by Crippen LogP contribution is -2.34. The van der Waals surface area contributed by atoms with Gasteiger partial charge < -0.3 is 28.8 Å². The van der Waals surface area contributed by atoms with Crippen LogP contribution >= 0.6 is 11.3 Å². The Bertz CT molecular complexity index is 708. The Hall–Kier alpha value is -1.25. The number of carbonyl (C=O) groups is 1. The minimum Gasteiger partial charge on any atom is -0.469 e. The number of thiophene rings is 1. The molecule has 0 aromatic carbocycles. The molecule has 3 fully saturated rings. The van der Waals surface area contributed by atoms with Crippen molar-refractivity contribution in [1.82, 2.24) is 0 Å². The Morgan fingerprint density at radius 1 is 1.16 bits per heavy atom. The fourth-order valence-electron chi connectivity index (χ4n) is 5.07. The number of aliphatic hydroxyl groups excluding tert-OH is 1. The van der Waals surface area contributed by atoms with Crippen LogP contribution in [0.5, 0.6) is 0 Å². The van der Waals surface area contributed by atoms with E-state index in [0.29, 0.717) is 19.6 Å². The Morgan fingerprint density at radius 2 is 1.94 bits per heavy atom. The second kappa shape index (κ2) is 12.3. The van der Waals surface area contributed by atoms with E-state index in [4.69, 9.17) is 18.9 Å². The topological polar surface area (TPSA) is 74.2 Å². The molecule has 3 aliphatic rings. The molecule has 1 aromatic rings. The van der Waals surface area contributed by atoms with Crippen molar-refractivity contribution in [3.05, 3.63) is 34.2 Å². The molecule has 0 radical (unpaired) electrons. The monoisotopic (exact) mass is 464 g/mol. The molecule has 7 heteroatoms.